The fourth-order valence-electron chi connectivity index (χ4n) is 2.55. The molecule has 0 aliphatic heterocycles. The summed E-state index contributed by atoms with van der Waals surface area (Å²) in [6, 6.07) is 0. The summed E-state index contributed by atoms with van der Waals surface area (Å²) in [5.74, 6) is -0.417. The molecule has 2 unspecified atom stereocenters. The minimum atomic E-state index is -0.748. The molecule has 0 heterocycles. The van der Waals surface area contributed by atoms with Gasteiger partial charge in [0.2, 0.25) is 11.8 Å². The van der Waals surface area contributed by atoms with Crippen LogP contribution in [0.1, 0.15) is 32.6 Å². The molecule has 0 aromatic heterocycles. The van der Waals surface area contributed by atoms with Crippen molar-refractivity contribution in [2.24, 2.45) is 16.8 Å². The third kappa shape index (κ3) is 6.54. The maximum atomic E-state index is 11.6. The number of amides is 1. The van der Waals surface area contributed by atoms with E-state index in [4.69, 9.17) is 4.74 Å². The lowest BCUT2D eigenvalue weighted by molar-refractivity contribution is -0.141. The molecule has 1 saturated carbocycles. The summed E-state index contributed by atoms with van der Waals surface area (Å²) < 4.78 is 9.42. The number of esters is 1. The van der Waals surface area contributed by atoms with Crippen LogP contribution in [-0.4, -0.2) is 37.8 Å². The second-order valence-electron chi connectivity index (χ2n) is 5.24. The van der Waals surface area contributed by atoms with Crippen LogP contribution in [-0.2, 0) is 19.1 Å². The molecule has 0 aromatic rings. The first-order chi connectivity index (χ1) is 10.6. The fraction of sp³-hybridized carbons (Fsp3) is 0.667. The number of hydrogen-bond acceptors (Lipinski definition) is 6. The number of carbonyl (C=O) groups is 2. The molecule has 7 nitrogen and oxygen atoms in total. The number of alkyl carbamates (subject to hydrolysis) is 1. The number of nitrogens with one attached hydrogen (secondary N) is 1. The summed E-state index contributed by atoms with van der Waals surface area (Å²) in [5.41, 5.74) is 0. The van der Waals surface area contributed by atoms with E-state index < -0.39 is 12.1 Å². The number of carbonyl (C=O) groups excluding carboxylic acids is 3. The number of nitrogens with zero attached hydrogens (tertiary/aromatic N) is 1. The minimum absolute atomic E-state index is 0.190. The molecule has 22 heavy (non-hydrogen) atoms. The van der Waals surface area contributed by atoms with Crippen LogP contribution in [0.5, 0.6) is 0 Å². The molecule has 0 bridgehead atoms. The molecule has 1 fully saturated rings. The van der Waals surface area contributed by atoms with E-state index in [1.54, 1.807) is 13.0 Å². The highest BCUT2D eigenvalue weighted by Crippen LogP contribution is 2.28. The van der Waals surface area contributed by atoms with Gasteiger partial charge in [-0.1, -0.05) is 6.42 Å². The Balaban J connectivity index is 2.29. The Labute approximate surface area is 129 Å². The molecule has 1 N–H and O–H groups in total. The zero-order valence-corrected chi connectivity index (χ0v) is 12.8. The van der Waals surface area contributed by atoms with E-state index in [9.17, 15) is 14.4 Å². The van der Waals surface area contributed by atoms with E-state index in [1.807, 2.05) is 0 Å². The van der Waals surface area contributed by atoms with E-state index in [1.165, 1.54) is 0 Å². The molecule has 1 aliphatic rings. The normalized spacial score (nSPS) is 20.4. The van der Waals surface area contributed by atoms with Crippen molar-refractivity contribution in [2.45, 2.75) is 32.6 Å². The average Bonchev–Trinajstić information content (AvgIpc) is 2.51. The summed E-state index contributed by atoms with van der Waals surface area (Å²) in [6.45, 7) is 6.13. The molecule has 0 aromatic carbocycles. The van der Waals surface area contributed by atoms with Gasteiger partial charge in [-0.3, -0.25) is 0 Å². The number of ether oxygens (including phenoxy) is 2. The van der Waals surface area contributed by atoms with Crippen LogP contribution < -0.4 is 5.32 Å². The van der Waals surface area contributed by atoms with Crippen LogP contribution in [0.25, 0.3) is 0 Å². The van der Waals surface area contributed by atoms with Crippen molar-refractivity contribution in [3.8, 4) is 0 Å². The molecule has 1 amide bonds. The van der Waals surface area contributed by atoms with Gasteiger partial charge in [-0.25, -0.2) is 19.4 Å². The lowest BCUT2D eigenvalue weighted by Gasteiger charge is -2.27. The number of hydrogen-bond donors (Lipinski definition) is 1. The summed E-state index contributed by atoms with van der Waals surface area (Å²) in [7, 11) is 0. The zero-order valence-electron chi connectivity index (χ0n) is 12.8. The monoisotopic (exact) mass is 310 g/mol. The van der Waals surface area contributed by atoms with E-state index in [2.05, 4.69) is 21.6 Å². The Morgan fingerprint density at radius 2 is 2.09 bits per heavy atom. The Kier molecular flexibility index (Phi) is 7.92. The van der Waals surface area contributed by atoms with E-state index in [0.29, 0.717) is 24.9 Å². The Morgan fingerprint density at radius 3 is 2.77 bits per heavy atom. The Hall–Kier alpha value is -2.14. The number of isocyanates is 1. The van der Waals surface area contributed by atoms with Gasteiger partial charge < -0.3 is 14.8 Å². The molecule has 0 spiro atoms. The molecular formula is C15H22N2O5. The summed E-state index contributed by atoms with van der Waals surface area (Å²) in [5, 5.41) is 2.62. The second-order valence-corrected chi connectivity index (χ2v) is 5.24. The third-order valence-electron chi connectivity index (χ3n) is 3.56. The first kappa shape index (κ1) is 17.9. The number of rotatable bonds is 7. The van der Waals surface area contributed by atoms with Crippen LogP contribution in [0.3, 0.4) is 0 Å². The lowest BCUT2D eigenvalue weighted by atomic mass is 9.81. The predicted molar refractivity (Wildman–Crippen MR) is 78.7 cm³/mol. The maximum absolute atomic E-state index is 11.6. The van der Waals surface area contributed by atoms with Gasteiger partial charge in [-0.15, -0.1) is 0 Å². The van der Waals surface area contributed by atoms with Crippen molar-refractivity contribution in [1.29, 1.82) is 0 Å². The van der Waals surface area contributed by atoms with Gasteiger partial charge in [0.1, 0.15) is 0 Å². The molecule has 0 saturated heterocycles. The van der Waals surface area contributed by atoms with Crippen LogP contribution in [0.2, 0.25) is 0 Å². The maximum Gasteiger partial charge on any atom is 0.412 e. The van der Waals surface area contributed by atoms with Crippen molar-refractivity contribution in [3.05, 3.63) is 12.3 Å². The minimum Gasteiger partial charge on any atom is -0.460 e. The quantitative estimate of drug-likeness (QED) is 0.255. The van der Waals surface area contributed by atoms with Crippen LogP contribution >= 0.6 is 0 Å². The van der Waals surface area contributed by atoms with Crippen LogP contribution in [0.15, 0.2) is 17.3 Å². The highest BCUT2D eigenvalue weighted by atomic mass is 16.6. The van der Waals surface area contributed by atoms with Crippen molar-refractivity contribution in [3.63, 3.8) is 0 Å². The van der Waals surface area contributed by atoms with Crippen molar-refractivity contribution >= 4 is 18.1 Å². The molecule has 7 heteroatoms. The van der Waals surface area contributed by atoms with Crippen LogP contribution in [0.4, 0.5) is 4.79 Å². The summed E-state index contributed by atoms with van der Waals surface area (Å²) >= 11 is 0. The zero-order chi connectivity index (χ0) is 16.4. The third-order valence-corrected chi connectivity index (χ3v) is 3.56. The fourth-order valence-corrected chi connectivity index (χ4v) is 2.55. The standard InChI is InChI=1S/C15H22N2O5/c1-3-21-14(19)11(2)22-15(20)17-9-13-6-4-5-12(7-13)8-16-10-18/h12-13H,2-9H2,1H3,(H,17,20). The van der Waals surface area contributed by atoms with Crippen molar-refractivity contribution < 1.29 is 23.9 Å². The van der Waals surface area contributed by atoms with Crippen molar-refractivity contribution in [2.75, 3.05) is 19.7 Å². The van der Waals surface area contributed by atoms with Gasteiger partial charge in [-0.05, 0) is 44.6 Å². The lowest BCUT2D eigenvalue weighted by Crippen LogP contribution is -2.33. The molecular weight excluding hydrogens is 288 g/mol. The van der Waals surface area contributed by atoms with E-state index in [0.717, 1.165) is 25.7 Å². The van der Waals surface area contributed by atoms with Crippen LogP contribution in [0, 0.1) is 11.8 Å². The first-order valence-corrected chi connectivity index (χ1v) is 7.42. The van der Waals surface area contributed by atoms with Gasteiger partial charge in [0.25, 0.3) is 0 Å². The predicted octanol–water partition coefficient (Wildman–Crippen LogP) is 1.93. The first-order valence-electron chi connectivity index (χ1n) is 7.42. The Morgan fingerprint density at radius 1 is 1.36 bits per heavy atom. The van der Waals surface area contributed by atoms with Gasteiger partial charge in [0.15, 0.2) is 0 Å². The van der Waals surface area contributed by atoms with Gasteiger partial charge in [-0.2, -0.15) is 0 Å². The second kappa shape index (κ2) is 9.73. The molecule has 1 rings (SSSR count). The topological polar surface area (TPSA) is 94.1 Å². The highest BCUT2D eigenvalue weighted by Gasteiger charge is 2.23. The molecule has 2 atom stereocenters. The smallest absolute Gasteiger partial charge is 0.412 e. The average molecular weight is 310 g/mol. The van der Waals surface area contributed by atoms with Gasteiger partial charge in [0.05, 0.1) is 13.2 Å². The van der Waals surface area contributed by atoms with E-state index in [-0.39, 0.29) is 12.4 Å². The molecule has 0 radical (unpaired) electrons. The van der Waals surface area contributed by atoms with Gasteiger partial charge in [0, 0.05) is 6.54 Å². The van der Waals surface area contributed by atoms with E-state index >= 15 is 0 Å². The van der Waals surface area contributed by atoms with Crippen molar-refractivity contribution in [1.82, 2.24) is 5.32 Å². The SMILES string of the molecule is C=C(OC(=O)NCC1CCCC(CN=C=O)C1)C(=O)OCC. The van der Waals surface area contributed by atoms with Gasteiger partial charge >= 0.3 is 12.1 Å². The molecule has 1 aliphatic carbocycles. The summed E-state index contributed by atoms with van der Waals surface area (Å²) in [4.78, 5) is 36.6. The summed E-state index contributed by atoms with van der Waals surface area (Å²) in [6.07, 6.45) is 4.80. The number of aliphatic imine (C=N–C) groups is 1. The molecule has 122 valence electrons. The Bertz CT molecular complexity index is 457. The largest absolute Gasteiger partial charge is 0.460 e. The highest BCUT2D eigenvalue weighted by molar-refractivity contribution is 5.88.